The van der Waals surface area contributed by atoms with Gasteiger partial charge in [0.1, 0.15) is 11.6 Å². The third-order valence-electron chi connectivity index (χ3n) is 3.43. The first-order valence-electron chi connectivity index (χ1n) is 6.73. The number of nitrogens with one attached hydrogen (secondary N) is 1. The number of rotatable bonds is 4. The van der Waals surface area contributed by atoms with E-state index in [-0.39, 0.29) is 5.41 Å². The molecule has 0 aliphatic heterocycles. The monoisotopic (exact) mass is 271 g/mol. The molecule has 0 heterocycles. The van der Waals surface area contributed by atoms with Crippen LogP contribution in [0.1, 0.15) is 53.4 Å². The summed E-state index contributed by atoms with van der Waals surface area (Å²) in [5.41, 5.74) is -0.459. The van der Waals surface area contributed by atoms with Crippen molar-refractivity contribution in [3.05, 3.63) is 0 Å². The van der Waals surface area contributed by atoms with Crippen molar-refractivity contribution in [2.75, 3.05) is 7.11 Å². The fourth-order valence-electron chi connectivity index (χ4n) is 2.26. The molecule has 0 aromatic rings. The van der Waals surface area contributed by atoms with E-state index in [0.717, 1.165) is 12.8 Å². The van der Waals surface area contributed by atoms with Crippen LogP contribution in [0, 0.1) is 5.41 Å². The molecule has 1 fully saturated rings. The van der Waals surface area contributed by atoms with Crippen LogP contribution >= 0.6 is 0 Å². The number of hydrogen-bond acceptors (Lipinski definition) is 4. The molecular formula is C14H25NO4. The first kappa shape index (κ1) is 15.8. The van der Waals surface area contributed by atoms with Crippen LogP contribution in [-0.2, 0) is 14.3 Å². The summed E-state index contributed by atoms with van der Waals surface area (Å²) in [6.07, 6.45) is 3.36. The van der Waals surface area contributed by atoms with Gasteiger partial charge in [0.25, 0.3) is 0 Å². The Bertz CT molecular complexity index is 342. The SMILES string of the molecule is COC(=O)C(CC1(C)CCC1)NC(=O)OC(C)(C)C. The van der Waals surface area contributed by atoms with Crippen LogP contribution in [0.5, 0.6) is 0 Å². The quantitative estimate of drug-likeness (QED) is 0.798. The van der Waals surface area contributed by atoms with E-state index in [4.69, 9.17) is 9.47 Å². The second-order valence-corrected chi connectivity index (χ2v) is 6.59. The minimum Gasteiger partial charge on any atom is -0.467 e. The number of esters is 1. The van der Waals surface area contributed by atoms with E-state index >= 15 is 0 Å². The van der Waals surface area contributed by atoms with Gasteiger partial charge in [0.15, 0.2) is 0 Å². The van der Waals surface area contributed by atoms with Crippen molar-refractivity contribution in [2.45, 2.75) is 65.0 Å². The van der Waals surface area contributed by atoms with Gasteiger partial charge < -0.3 is 14.8 Å². The van der Waals surface area contributed by atoms with Gasteiger partial charge in [-0.15, -0.1) is 0 Å². The lowest BCUT2D eigenvalue weighted by molar-refractivity contribution is -0.144. The molecule has 1 saturated carbocycles. The van der Waals surface area contributed by atoms with E-state index < -0.39 is 23.7 Å². The van der Waals surface area contributed by atoms with Gasteiger partial charge in [-0.25, -0.2) is 9.59 Å². The first-order valence-corrected chi connectivity index (χ1v) is 6.73. The van der Waals surface area contributed by atoms with Crippen LogP contribution in [0.4, 0.5) is 4.79 Å². The maximum absolute atomic E-state index is 11.7. The van der Waals surface area contributed by atoms with Crippen LogP contribution in [0.3, 0.4) is 0 Å². The molecule has 1 aliphatic rings. The molecule has 110 valence electrons. The summed E-state index contributed by atoms with van der Waals surface area (Å²) < 4.78 is 9.92. The number of methoxy groups -OCH3 is 1. The van der Waals surface area contributed by atoms with Crippen molar-refractivity contribution in [3.63, 3.8) is 0 Å². The average Bonchev–Trinajstić information content (AvgIpc) is 2.22. The lowest BCUT2D eigenvalue weighted by atomic mass is 9.67. The highest BCUT2D eigenvalue weighted by Gasteiger charge is 2.38. The molecule has 0 spiro atoms. The van der Waals surface area contributed by atoms with Crippen molar-refractivity contribution in [1.29, 1.82) is 0 Å². The van der Waals surface area contributed by atoms with Crippen LogP contribution < -0.4 is 5.32 Å². The summed E-state index contributed by atoms with van der Waals surface area (Å²) in [6, 6.07) is -0.634. The van der Waals surface area contributed by atoms with Gasteiger partial charge in [-0.05, 0) is 45.4 Å². The number of carbonyl (C=O) groups excluding carboxylic acids is 2. The van der Waals surface area contributed by atoms with Crippen molar-refractivity contribution in [3.8, 4) is 0 Å². The van der Waals surface area contributed by atoms with E-state index in [9.17, 15) is 9.59 Å². The molecule has 0 aromatic heterocycles. The zero-order chi connectivity index (χ0) is 14.7. The zero-order valence-electron chi connectivity index (χ0n) is 12.5. The molecule has 0 saturated heterocycles. The third kappa shape index (κ3) is 5.09. The van der Waals surface area contributed by atoms with E-state index in [2.05, 4.69) is 12.2 Å². The predicted molar refractivity (Wildman–Crippen MR) is 71.7 cm³/mol. The van der Waals surface area contributed by atoms with E-state index in [1.807, 2.05) is 0 Å². The number of carbonyl (C=O) groups is 2. The van der Waals surface area contributed by atoms with Gasteiger partial charge in [0, 0.05) is 0 Å². The van der Waals surface area contributed by atoms with Gasteiger partial charge in [0.2, 0.25) is 0 Å². The van der Waals surface area contributed by atoms with Gasteiger partial charge >= 0.3 is 12.1 Å². The molecule has 1 aliphatic carbocycles. The fraction of sp³-hybridized carbons (Fsp3) is 0.857. The fourth-order valence-corrected chi connectivity index (χ4v) is 2.26. The summed E-state index contributed by atoms with van der Waals surface area (Å²) in [5.74, 6) is -0.418. The molecule has 1 amide bonds. The normalized spacial score (nSPS) is 19.0. The highest BCUT2D eigenvalue weighted by Crippen LogP contribution is 2.44. The van der Waals surface area contributed by atoms with Crippen molar-refractivity contribution in [1.82, 2.24) is 5.32 Å². The standard InChI is InChI=1S/C14H25NO4/c1-13(2,3)19-12(17)15-10(11(16)18-5)9-14(4)7-6-8-14/h10H,6-9H2,1-5H3,(H,15,17). The number of hydrogen-bond donors (Lipinski definition) is 1. The highest BCUT2D eigenvalue weighted by molar-refractivity contribution is 5.81. The molecule has 1 N–H and O–H groups in total. The molecule has 0 aromatic carbocycles. The maximum Gasteiger partial charge on any atom is 0.408 e. The lowest BCUT2D eigenvalue weighted by Gasteiger charge is -2.40. The van der Waals surface area contributed by atoms with E-state index in [0.29, 0.717) is 6.42 Å². The van der Waals surface area contributed by atoms with Crippen LogP contribution in [0.2, 0.25) is 0 Å². The Morgan fingerprint density at radius 1 is 1.32 bits per heavy atom. The highest BCUT2D eigenvalue weighted by atomic mass is 16.6. The summed E-state index contributed by atoms with van der Waals surface area (Å²) in [6.45, 7) is 7.48. The van der Waals surface area contributed by atoms with Crippen LogP contribution in [0.15, 0.2) is 0 Å². The summed E-state index contributed by atoms with van der Waals surface area (Å²) in [4.78, 5) is 23.5. The molecule has 5 heteroatoms. The van der Waals surface area contributed by atoms with Crippen molar-refractivity contribution in [2.24, 2.45) is 5.41 Å². The van der Waals surface area contributed by atoms with Gasteiger partial charge in [-0.2, -0.15) is 0 Å². The predicted octanol–water partition coefficient (Wildman–Crippen LogP) is 2.63. The zero-order valence-corrected chi connectivity index (χ0v) is 12.5. The summed E-state index contributed by atoms with van der Waals surface area (Å²) in [7, 11) is 1.33. The van der Waals surface area contributed by atoms with E-state index in [1.54, 1.807) is 20.8 Å². The minimum atomic E-state index is -0.634. The second kappa shape index (κ2) is 5.80. The summed E-state index contributed by atoms with van der Waals surface area (Å²) >= 11 is 0. The van der Waals surface area contributed by atoms with Crippen molar-refractivity contribution >= 4 is 12.1 Å². The van der Waals surface area contributed by atoms with Crippen LogP contribution in [0.25, 0.3) is 0 Å². The Morgan fingerprint density at radius 2 is 1.89 bits per heavy atom. The molecule has 5 nitrogen and oxygen atoms in total. The molecule has 19 heavy (non-hydrogen) atoms. The Hall–Kier alpha value is -1.26. The maximum atomic E-state index is 11.7. The number of amides is 1. The molecule has 1 atom stereocenters. The van der Waals surface area contributed by atoms with Crippen LogP contribution in [-0.4, -0.2) is 30.8 Å². The Morgan fingerprint density at radius 3 is 2.26 bits per heavy atom. The van der Waals surface area contributed by atoms with Crippen molar-refractivity contribution < 1.29 is 19.1 Å². The molecule has 0 radical (unpaired) electrons. The first-order chi connectivity index (χ1) is 8.65. The largest absolute Gasteiger partial charge is 0.467 e. The van der Waals surface area contributed by atoms with E-state index in [1.165, 1.54) is 13.5 Å². The van der Waals surface area contributed by atoms with Gasteiger partial charge in [0.05, 0.1) is 7.11 Å². The molecular weight excluding hydrogens is 246 g/mol. The lowest BCUT2D eigenvalue weighted by Crippen LogP contribution is -2.47. The Labute approximate surface area is 115 Å². The smallest absolute Gasteiger partial charge is 0.408 e. The number of alkyl carbamates (subject to hydrolysis) is 1. The Balaban J connectivity index is 2.59. The molecule has 0 bridgehead atoms. The second-order valence-electron chi connectivity index (χ2n) is 6.59. The summed E-state index contributed by atoms with van der Waals surface area (Å²) in [5, 5.41) is 2.61. The minimum absolute atomic E-state index is 0.119. The topological polar surface area (TPSA) is 64.6 Å². The Kier molecular flexibility index (Phi) is 4.82. The molecule has 1 rings (SSSR count). The average molecular weight is 271 g/mol. The molecule has 1 unspecified atom stereocenters. The third-order valence-corrected chi connectivity index (χ3v) is 3.43. The van der Waals surface area contributed by atoms with Gasteiger partial charge in [-0.3, -0.25) is 0 Å². The van der Waals surface area contributed by atoms with Gasteiger partial charge in [-0.1, -0.05) is 13.3 Å². The number of ether oxygens (including phenoxy) is 2.